The number of nitrogens with zero attached hydrogens (tertiary/aromatic N) is 2. The fourth-order valence-electron chi connectivity index (χ4n) is 3.01. The number of aromatic nitrogens is 1. The van der Waals surface area contributed by atoms with Gasteiger partial charge in [0, 0.05) is 57.5 Å². The second kappa shape index (κ2) is 7.90. The zero-order valence-electron chi connectivity index (χ0n) is 14.3. The van der Waals surface area contributed by atoms with Gasteiger partial charge < -0.3 is 19.5 Å². The van der Waals surface area contributed by atoms with Crippen molar-refractivity contribution in [2.75, 3.05) is 33.9 Å². The molecular formula is C17H29N3O2. The first kappa shape index (κ1) is 17.2. The third-order valence-electron chi connectivity index (χ3n) is 4.08. The van der Waals surface area contributed by atoms with Gasteiger partial charge in [0.05, 0.1) is 6.61 Å². The van der Waals surface area contributed by atoms with Crippen molar-refractivity contribution in [3.8, 4) is 0 Å². The number of pyridine rings is 1. The van der Waals surface area contributed by atoms with Crippen LogP contribution in [0.3, 0.4) is 0 Å². The molecule has 0 bridgehead atoms. The van der Waals surface area contributed by atoms with Gasteiger partial charge >= 0.3 is 0 Å². The molecular weight excluding hydrogens is 278 g/mol. The van der Waals surface area contributed by atoms with Crippen molar-refractivity contribution in [2.24, 2.45) is 5.92 Å². The van der Waals surface area contributed by atoms with Crippen molar-refractivity contribution in [1.82, 2.24) is 14.8 Å². The van der Waals surface area contributed by atoms with E-state index in [0.717, 1.165) is 38.2 Å². The molecule has 0 aromatic carbocycles. The van der Waals surface area contributed by atoms with Crippen LogP contribution in [0.25, 0.3) is 0 Å². The van der Waals surface area contributed by atoms with E-state index in [0.29, 0.717) is 19.1 Å². The van der Waals surface area contributed by atoms with Gasteiger partial charge in [0.1, 0.15) is 0 Å². The normalized spacial score (nSPS) is 15.3. The van der Waals surface area contributed by atoms with E-state index in [2.05, 4.69) is 37.2 Å². The Labute approximate surface area is 133 Å². The van der Waals surface area contributed by atoms with E-state index >= 15 is 0 Å². The zero-order chi connectivity index (χ0) is 16.1. The van der Waals surface area contributed by atoms with Gasteiger partial charge in [0.2, 0.25) is 0 Å². The predicted octanol–water partition coefficient (Wildman–Crippen LogP) is 1.23. The van der Waals surface area contributed by atoms with Crippen LogP contribution in [0.5, 0.6) is 0 Å². The van der Waals surface area contributed by atoms with E-state index in [9.17, 15) is 4.79 Å². The minimum Gasteiger partial charge on any atom is -0.383 e. The van der Waals surface area contributed by atoms with E-state index in [1.54, 1.807) is 7.11 Å². The Morgan fingerprint density at radius 2 is 2.18 bits per heavy atom. The summed E-state index contributed by atoms with van der Waals surface area (Å²) in [5.41, 5.74) is 3.57. The highest BCUT2D eigenvalue weighted by Gasteiger charge is 2.20. The summed E-state index contributed by atoms with van der Waals surface area (Å²) in [4.78, 5) is 15.1. The van der Waals surface area contributed by atoms with Crippen LogP contribution in [0, 0.1) is 5.92 Å². The quantitative estimate of drug-likeness (QED) is 0.770. The molecule has 0 saturated carbocycles. The van der Waals surface area contributed by atoms with Crippen LogP contribution >= 0.6 is 0 Å². The van der Waals surface area contributed by atoms with Crippen LogP contribution in [-0.4, -0.2) is 43.3 Å². The van der Waals surface area contributed by atoms with Crippen molar-refractivity contribution in [2.45, 2.75) is 39.9 Å². The van der Waals surface area contributed by atoms with Gasteiger partial charge in [-0.15, -0.1) is 0 Å². The predicted molar refractivity (Wildman–Crippen MR) is 89.2 cm³/mol. The number of methoxy groups -OCH3 is 1. The van der Waals surface area contributed by atoms with E-state index in [-0.39, 0.29) is 5.56 Å². The molecule has 0 unspecified atom stereocenters. The first-order valence-corrected chi connectivity index (χ1v) is 8.15. The van der Waals surface area contributed by atoms with Crippen LogP contribution in [-0.2, 0) is 30.8 Å². The molecule has 0 amide bonds. The zero-order valence-corrected chi connectivity index (χ0v) is 14.3. The molecule has 0 aliphatic carbocycles. The number of fused-ring (bicyclic) bond motifs is 1. The minimum atomic E-state index is 0.168. The van der Waals surface area contributed by atoms with E-state index in [4.69, 9.17) is 4.74 Å². The fourth-order valence-corrected chi connectivity index (χ4v) is 3.01. The number of nitrogens with one attached hydrogen (secondary N) is 1. The standard InChI is InChI=1S/C17H29N3O2/c1-13(2)11-20-16-5-7-19(3)12-15(16)9-14(17(20)21)10-18-6-8-22-4/h9,13,18H,5-8,10-12H2,1-4H3. The van der Waals surface area contributed by atoms with Gasteiger partial charge in [-0.3, -0.25) is 4.79 Å². The summed E-state index contributed by atoms with van der Waals surface area (Å²) >= 11 is 0. The molecule has 0 radical (unpaired) electrons. The van der Waals surface area contributed by atoms with Crippen LogP contribution < -0.4 is 10.9 Å². The van der Waals surface area contributed by atoms with Crippen molar-refractivity contribution in [1.29, 1.82) is 0 Å². The van der Waals surface area contributed by atoms with Crippen LogP contribution in [0.1, 0.15) is 30.7 Å². The van der Waals surface area contributed by atoms with Gasteiger partial charge in [0.25, 0.3) is 5.56 Å². The number of rotatable bonds is 7. The van der Waals surface area contributed by atoms with Crippen LogP contribution in [0.2, 0.25) is 0 Å². The number of hydrogen-bond donors (Lipinski definition) is 1. The Kier molecular flexibility index (Phi) is 6.17. The molecule has 1 aliphatic rings. The van der Waals surface area contributed by atoms with Crippen molar-refractivity contribution >= 4 is 0 Å². The number of ether oxygens (including phenoxy) is 1. The molecule has 124 valence electrons. The lowest BCUT2D eigenvalue weighted by Crippen LogP contribution is -2.37. The van der Waals surface area contributed by atoms with Gasteiger partial charge in [-0.1, -0.05) is 13.8 Å². The monoisotopic (exact) mass is 307 g/mol. The molecule has 0 atom stereocenters. The van der Waals surface area contributed by atoms with E-state index < -0.39 is 0 Å². The molecule has 1 aromatic rings. The maximum Gasteiger partial charge on any atom is 0.255 e. The number of hydrogen-bond acceptors (Lipinski definition) is 4. The first-order valence-electron chi connectivity index (χ1n) is 8.15. The average molecular weight is 307 g/mol. The third-order valence-corrected chi connectivity index (χ3v) is 4.08. The smallest absolute Gasteiger partial charge is 0.255 e. The van der Waals surface area contributed by atoms with Gasteiger partial charge in [-0.05, 0) is 24.6 Å². The molecule has 1 N–H and O–H groups in total. The van der Waals surface area contributed by atoms with Crippen LogP contribution in [0.4, 0.5) is 0 Å². The summed E-state index contributed by atoms with van der Waals surface area (Å²) < 4.78 is 7.05. The summed E-state index contributed by atoms with van der Waals surface area (Å²) in [6, 6.07) is 2.10. The fraction of sp³-hybridized carbons (Fsp3) is 0.706. The molecule has 0 saturated heterocycles. The second-order valence-electron chi connectivity index (χ2n) is 6.61. The van der Waals surface area contributed by atoms with Gasteiger partial charge in [-0.2, -0.15) is 0 Å². The summed E-state index contributed by atoms with van der Waals surface area (Å²) in [7, 11) is 3.82. The molecule has 5 heteroatoms. The SMILES string of the molecule is COCCNCc1cc2c(n(CC(C)C)c1=O)CCN(C)C2. The van der Waals surface area contributed by atoms with Crippen molar-refractivity contribution in [3.63, 3.8) is 0 Å². The second-order valence-corrected chi connectivity index (χ2v) is 6.61. The lowest BCUT2D eigenvalue weighted by Gasteiger charge is -2.29. The largest absolute Gasteiger partial charge is 0.383 e. The molecule has 22 heavy (non-hydrogen) atoms. The molecule has 5 nitrogen and oxygen atoms in total. The Morgan fingerprint density at radius 1 is 1.41 bits per heavy atom. The summed E-state index contributed by atoms with van der Waals surface area (Å²) in [5, 5.41) is 3.29. The summed E-state index contributed by atoms with van der Waals surface area (Å²) in [6.07, 6.45) is 0.963. The molecule has 0 fully saturated rings. The Hall–Kier alpha value is -1.17. The summed E-state index contributed by atoms with van der Waals surface area (Å²) in [6.45, 7) is 9.11. The van der Waals surface area contributed by atoms with Crippen LogP contribution in [0.15, 0.2) is 10.9 Å². The van der Waals surface area contributed by atoms with E-state index in [1.807, 2.05) is 4.57 Å². The first-order chi connectivity index (χ1) is 10.5. The minimum absolute atomic E-state index is 0.168. The van der Waals surface area contributed by atoms with Gasteiger partial charge in [0.15, 0.2) is 0 Å². The summed E-state index contributed by atoms with van der Waals surface area (Å²) in [5.74, 6) is 0.471. The topological polar surface area (TPSA) is 46.5 Å². The molecule has 2 heterocycles. The lowest BCUT2D eigenvalue weighted by atomic mass is 10.0. The van der Waals surface area contributed by atoms with E-state index in [1.165, 1.54) is 11.3 Å². The highest BCUT2D eigenvalue weighted by atomic mass is 16.5. The highest BCUT2D eigenvalue weighted by Crippen LogP contribution is 2.18. The lowest BCUT2D eigenvalue weighted by molar-refractivity contribution is 0.199. The van der Waals surface area contributed by atoms with Gasteiger partial charge in [-0.25, -0.2) is 0 Å². The molecule has 0 spiro atoms. The van der Waals surface area contributed by atoms with Crippen molar-refractivity contribution < 1.29 is 4.74 Å². The molecule has 1 aromatic heterocycles. The Balaban J connectivity index is 2.29. The highest BCUT2D eigenvalue weighted by molar-refractivity contribution is 5.29. The Morgan fingerprint density at radius 3 is 2.86 bits per heavy atom. The number of likely N-dealkylation sites (N-methyl/N-ethyl adjacent to an activating group) is 1. The molecule has 1 aliphatic heterocycles. The Bertz CT molecular complexity index is 552. The average Bonchev–Trinajstić information content (AvgIpc) is 2.47. The third kappa shape index (κ3) is 4.18. The van der Waals surface area contributed by atoms with Crippen molar-refractivity contribution in [3.05, 3.63) is 33.2 Å². The molecule has 2 rings (SSSR count). The maximum atomic E-state index is 12.8. The maximum absolute atomic E-state index is 12.8.